The molecule has 0 aliphatic rings. The summed E-state index contributed by atoms with van der Waals surface area (Å²) in [5, 5.41) is 6.11. The Morgan fingerprint density at radius 1 is 1.60 bits per heavy atom. The first kappa shape index (κ1) is 11.9. The zero-order valence-corrected chi connectivity index (χ0v) is 9.51. The van der Waals surface area contributed by atoms with Gasteiger partial charge in [0.25, 0.3) is 0 Å². The van der Waals surface area contributed by atoms with Crippen molar-refractivity contribution in [1.82, 2.24) is 10.3 Å². The molecule has 15 heavy (non-hydrogen) atoms. The van der Waals surface area contributed by atoms with Crippen LogP contribution in [0.2, 0.25) is 5.15 Å². The molecular weight excluding hydrogens is 214 g/mol. The van der Waals surface area contributed by atoms with Crippen molar-refractivity contribution in [3.8, 4) is 0 Å². The predicted molar refractivity (Wildman–Crippen MR) is 61.0 cm³/mol. The van der Waals surface area contributed by atoms with Gasteiger partial charge in [0.1, 0.15) is 5.15 Å². The zero-order chi connectivity index (χ0) is 11.3. The van der Waals surface area contributed by atoms with Gasteiger partial charge in [-0.2, -0.15) is 0 Å². The normalized spacial score (nSPS) is 12.2. The predicted octanol–water partition coefficient (Wildman–Crippen LogP) is 1.53. The van der Waals surface area contributed by atoms with Crippen molar-refractivity contribution >= 4 is 23.2 Å². The monoisotopic (exact) mass is 227 g/mol. The van der Waals surface area contributed by atoms with Crippen LogP contribution in [0.3, 0.4) is 0 Å². The van der Waals surface area contributed by atoms with Crippen LogP contribution in [0.4, 0.5) is 5.69 Å². The quantitative estimate of drug-likeness (QED) is 0.767. The Hall–Kier alpha value is -1.13. The summed E-state index contributed by atoms with van der Waals surface area (Å²) in [6, 6.07) is 3.36. The molecule has 1 heterocycles. The molecule has 4 nitrogen and oxygen atoms in total. The minimum atomic E-state index is -0.0781. The van der Waals surface area contributed by atoms with Crippen LogP contribution in [0.5, 0.6) is 0 Å². The lowest BCUT2D eigenvalue weighted by atomic mass is 10.1. The first-order chi connectivity index (χ1) is 7.13. The summed E-state index contributed by atoms with van der Waals surface area (Å²) in [6.07, 6.45) is 1.53. The molecule has 1 aromatic rings. The van der Waals surface area contributed by atoms with Crippen LogP contribution in [-0.4, -0.2) is 24.5 Å². The molecule has 1 unspecified atom stereocenters. The molecule has 82 valence electrons. The number of pyridine rings is 1. The van der Waals surface area contributed by atoms with Crippen molar-refractivity contribution < 1.29 is 4.79 Å². The van der Waals surface area contributed by atoms with E-state index in [0.29, 0.717) is 17.4 Å². The lowest BCUT2D eigenvalue weighted by Gasteiger charge is -2.11. The van der Waals surface area contributed by atoms with E-state index >= 15 is 0 Å². The van der Waals surface area contributed by atoms with Gasteiger partial charge in [0.2, 0.25) is 5.91 Å². The largest absolute Gasteiger partial charge is 0.324 e. The molecule has 0 aliphatic carbocycles. The first-order valence-corrected chi connectivity index (χ1v) is 5.08. The Morgan fingerprint density at radius 2 is 2.33 bits per heavy atom. The average Bonchev–Trinajstić information content (AvgIpc) is 2.22. The van der Waals surface area contributed by atoms with E-state index < -0.39 is 0 Å². The molecule has 0 saturated carbocycles. The lowest BCUT2D eigenvalue weighted by Crippen LogP contribution is -2.28. The molecule has 5 heteroatoms. The number of carbonyl (C=O) groups excluding carboxylic acids is 1. The second kappa shape index (κ2) is 5.68. The van der Waals surface area contributed by atoms with Crippen LogP contribution in [0.1, 0.15) is 6.92 Å². The van der Waals surface area contributed by atoms with Crippen molar-refractivity contribution in [2.75, 3.05) is 18.9 Å². The maximum atomic E-state index is 11.6. The number of hydrogen-bond donors (Lipinski definition) is 2. The van der Waals surface area contributed by atoms with Crippen molar-refractivity contribution in [3.05, 3.63) is 23.5 Å². The summed E-state index contributed by atoms with van der Waals surface area (Å²) in [4.78, 5) is 15.4. The molecule has 1 atom stereocenters. The third-order valence-electron chi connectivity index (χ3n) is 1.95. The Labute approximate surface area is 94.0 Å². The van der Waals surface area contributed by atoms with Gasteiger partial charge in [-0.3, -0.25) is 4.79 Å². The zero-order valence-electron chi connectivity index (χ0n) is 8.75. The highest BCUT2D eigenvalue weighted by atomic mass is 35.5. The van der Waals surface area contributed by atoms with Gasteiger partial charge in [-0.25, -0.2) is 4.98 Å². The van der Waals surface area contributed by atoms with Crippen LogP contribution in [-0.2, 0) is 4.79 Å². The maximum absolute atomic E-state index is 11.6. The van der Waals surface area contributed by atoms with Crippen LogP contribution in [0, 0.1) is 5.92 Å². The third kappa shape index (κ3) is 3.85. The molecule has 0 aromatic carbocycles. The second-order valence-corrected chi connectivity index (χ2v) is 3.70. The average molecular weight is 228 g/mol. The summed E-state index contributed by atoms with van der Waals surface area (Å²) in [6.45, 7) is 2.50. The van der Waals surface area contributed by atoms with Gasteiger partial charge in [0.05, 0.1) is 11.9 Å². The molecule has 0 saturated heterocycles. The highest BCUT2D eigenvalue weighted by Gasteiger charge is 2.11. The second-order valence-electron chi connectivity index (χ2n) is 3.32. The molecule has 0 fully saturated rings. The Balaban J connectivity index is 2.54. The van der Waals surface area contributed by atoms with E-state index in [2.05, 4.69) is 15.6 Å². The fourth-order valence-corrected chi connectivity index (χ4v) is 1.23. The molecule has 0 bridgehead atoms. The number of anilines is 1. The number of halogens is 1. The molecule has 0 spiro atoms. The summed E-state index contributed by atoms with van der Waals surface area (Å²) in [7, 11) is 1.81. The minimum absolute atomic E-state index is 0.0338. The van der Waals surface area contributed by atoms with Crippen LogP contribution in [0.15, 0.2) is 18.3 Å². The maximum Gasteiger partial charge on any atom is 0.228 e. The van der Waals surface area contributed by atoms with Crippen molar-refractivity contribution in [2.24, 2.45) is 5.92 Å². The summed E-state index contributed by atoms with van der Waals surface area (Å²) in [5.74, 6) is -0.112. The van der Waals surface area contributed by atoms with Crippen LogP contribution < -0.4 is 10.6 Å². The Morgan fingerprint density at radius 3 is 2.87 bits per heavy atom. The van der Waals surface area contributed by atoms with Crippen LogP contribution in [0.25, 0.3) is 0 Å². The van der Waals surface area contributed by atoms with Gasteiger partial charge >= 0.3 is 0 Å². The summed E-state index contributed by atoms with van der Waals surface area (Å²) < 4.78 is 0. The number of nitrogens with zero attached hydrogens (tertiary/aromatic N) is 1. The van der Waals surface area contributed by atoms with Crippen LogP contribution >= 0.6 is 11.6 Å². The fraction of sp³-hybridized carbons (Fsp3) is 0.400. The Bertz CT molecular complexity index is 326. The van der Waals surface area contributed by atoms with Gasteiger partial charge < -0.3 is 10.6 Å². The van der Waals surface area contributed by atoms with E-state index in [0.717, 1.165) is 0 Å². The summed E-state index contributed by atoms with van der Waals surface area (Å²) >= 11 is 5.63. The number of aromatic nitrogens is 1. The van der Waals surface area contributed by atoms with Gasteiger partial charge in [0, 0.05) is 12.5 Å². The van der Waals surface area contributed by atoms with Crippen molar-refractivity contribution in [1.29, 1.82) is 0 Å². The number of carbonyl (C=O) groups is 1. The number of amides is 1. The smallest absolute Gasteiger partial charge is 0.228 e. The molecule has 1 rings (SSSR count). The third-order valence-corrected chi connectivity index (χ3v) is 2.18. The van der Waals surface area contributed by atoms with E-state index in [1.54, 1.807) is 12.1 Å². The van der Waals surface area contributed by atoms with Gasteiger partial charge in [-0.05, 0) is 19.2 Å². The van der Waals surface area contributed by atoms with E-state index in [1.165, 1.54) is 6.20 Å². The fourth-order valence-electron chi connectivity index (χ4n) is 1.11. The standard InChI is InChI=1S/C10H14ClN3O/c1-7(5-12-2)10(15)14-8-3-4-9(11)13-6-8/h3-4,6-7,12H,5H2,1-2H3,(H,14,15). The molecule has 0 radical (unpaired) electrons. The van der Waals surface area contributed by atoms with E-state index in [-0.39, 0.29) is 11.8 Å². The molecular formula is C10H14ClN3O. The number of nitrogens with one attached hydrogen (secondary N) is 2. The first-order valence-electron chi connectivity index (χ1n) is 4.70. The van der Waals surface area contributed by atoms with Crippen molar-refractivity contribution in [3.63, 3.8) is 0 Å². The SMILES string of the molecule is CNCC(C)C(=O)Nc1ccc(Cl)nc1. The molecule has 1 amide bonds. The van der Waals surface area contributed by atoms with E-state index in [1.807, 2.05) is 14.0 Å². The summed E-state index contributed by atoms with van der Waals surface area (Å²) in [5.41, 5.74) is 0.660. The van der Waals surface area contributed by atoms with E-state index in [4.69, 9.17) is 11.6 Å². The number of hydrogen-bond acceptors (Lipinski definition) is 3. The topological polar surface area (TPSA) is 54.0 Å². The molecule has 0 aliphatic heterocycles. The lowest BCUT2D eigenvalue weighted by molar-refractivity contribution is -0.119. The minimum Gasteiger partial charge on any atom is -0.324 e. The van der Waals surface area contributed by atoms with Gasteiger partial charge in [-0.1, -0.05) is 18.5 Å². The highest BCUT2D eigenvalue weighted by Crippen LogP contribution is 2.10. The molecule has 1 aromatic heterocycles. The van der Waals surface area contributed by atoms with E-state index in [9.17, 15) is 4.79 Å². The number of rotatable bonds is 4. The Kier molecular flexibility index (Phi) is 4.52. The highest BCUT2D eigenvalue weighted by molar-refractivity contribution is 6.29. The molecule has 2 N–H and O–H groups in total. The van der Waals surface area contributed by atoms with Gasteiger partial charge in [-0.15, -0.1) is 0 Å². The van der Waals surface area contributed by atoms with Gasteiger partial charge in [0.15, 0.2) is 0 Å². The van der Waals surface area contributed by atoms with Crippen molar-refractivity contribution in [2.45, 2.75) is 6.92 Å².